The van der Waals surface area contributed by atoms with Gasteiger partial charge >= 0.3 is 0 Å². The molecule has 3 N–H and O–H groups in total. The average Bonchev–Trinajstić information content (AvgIpc) is 2.17. The van der Waals surface area contributed by atoms with Crippen LogP contribution in [0.15, 0.2) is 24.3 Å². The van der Waals surface area contributed by atoms with E-state index in [-0.39, 0.29) is 6.17 Å². The molecule has 0 aromatic heterocycles. The lowest BCUT2D eigenvalue weighted by atomic mass is 10.0. The SMILES string of the molecule is CNC(N)c1ccc(CC(C)C)cc1. The maximum absolute atomic E-state index is 5.83. The Labute approximate surface area is 86.5 Å². The van der Waals surface area contributed by atoms with E-state index in [1.54, 1.807) is 0 Å². The van der Waals surface area contributed by atoms with Gasteiger partial charge in [0.2, 0.25) is 0 Å². The van der Waals surface area contributed by atoms with Gasteiger partial charge in [-0.25, -0.2) is 0 Å². The van der Waals surface area contributed by atoms with Crippen molar-refractivity contribution in [3.05, 3.63) is 35.4 Å². The number of rotatable bonds is 4. The lowest BCUT2D eigenvalue weighted by Gasteiger charge is -2.11. The molecule has 2 nitrogen and oxygen atoms in total. The van der Waals surface area contributed by atoms with Crippen molar-refractivity contribution in [2.24, 2.45) is 11.7 Å². The smallest absolute Gasteiger partial charge is 0.0807 e. The fraction of sp³-hybridized carbons (Fsp3) is 0.500. The standard InChI is InChI=1S/C12H20N2/c1-9(2)8-10-4-6-11(7-5-10)12(13)14-3/h4-7,9,12,14H,8,13H2,1-3H3. The minimum absolute atomic E-state index is 0.0527. The highest BCUT2D eigenvalue weighted by Crippen LogP contribution is 2.12. The van der Waals surface area contributed by atoms with Crippen LogP contribution in [0.3, 0.4) is 0 Å². The van der Waals surface area contributed by atoms with Crippen molar-refractivity contribution in [3.8, 4) is 0 Å². The van der Waals surface area contributed by atoms with Gasteiger partial charge in [-0.1, -0.05) is 38.1 Å². The maximum atomic E-state index is 5.83. The number of hydrogen-bond acceptors (Lipinski definition) is 2. The summed E-state index contributed by atoms with van der Waals surface area (Å²) in [5.41, 5.74) is 8.35. The van der Waals surface area contributed by atoms with Crippen LogP contribution in [0, 0.1) is 5.92 Å². The Hall–Kier alpha value is -0.860. The summed E-state index contributed by atoms with van der Waals surface area (Å²) >= 11 is 0. The van der Waals surface area contributed by atoms with Gasteiger partial charge in [-0.3, -0.25) is 0 Å². The Morgan fingerprint density at radius 2 is 1.79 bits per heavy atom. The summed E-state index contributed by atoms with van der Waals surface area (Å²) in [4.78, 5) is 0. The van der Waals surface area contributed by atoms with Crippen molar-refractivity contribution in [1.29, 1.82) is 0 Å². The van der Waals surface area contributed by atoms with Crippen LogP contribution in [0.1, 0.15) is 31.1 Å². The van der Waals surface area contributed by atoms with Crippen LogP contribution in [0.4, 0.5) is 0 Å². The Bertz CT molecular complexity index is 264. The average molecular weight is 192 g/mol. The van der Waals surface area contributed by atoms with E-state index in [1.807, 2.05) is 7.05 Å². The Morgan fingerprint density at radius 1 is 1.21 bits per heavy atom. The summed E-state index contributed by atoms with van der Waals surface area (Å²) in [6.07, 6.45) is 1.08. The van der Waals surface area contributed by atoms with Crippen LogP contribution in [0.25, 0.3) is 0 Å². The van der Waals surface area contributed by atoms with Crippen LogP contribution in [-0.2, 0) is 6.42 Å². The second-order valence-corrected chi connectivity index (χ2v) is 4.11. The molecule has 1 unspecified atom stereocenters. The van der Waals surface area contributed by atoms with Gasteiger partial charge in [0.05, 0.1) is 6.17 Å². The highest BCUT2D eigenvalue weighted by atomic mass is 15.0. The molecule has 0 bridgehead atoms. The topological polar surface area (TPSA) is 38.0 Å². The van der Waals surface area contributed by atoms with E-state index in [4.69, 9.17) is 5.73 Å². The minimum atomic E-state index is -0.0527. The predicted octanol–water partition coefficient (Wildman–Crippen LogP) is 2.06. The summed E-state index contributed by atoms with van der Waals surface area (Å²) in [6.45, 7) is 4.46. The van der Waals surface area contributed by atoms with E-state index in [0.717, 1.165) is 12.0 Å². The third-order valence-corrected chi connectivity index (χ3v) is 2.29. The van der Waals surface area contributed by atoms with Crippen molar-refractivity contribution in [2.75, 3.05) is 7.05 Å². The van der Waals surface area contributed by atoms with Gasteiger partial charge in [0.1, 0.15) is 0 Å². The van der Waals surface area contributed by atoms with E-state index < -0.39 is 0 Å². The zero-order valence-electron chi connectivity index (χ0n) is 9.25. The van der Waals surface area contributed by atoms with Crippen molar-refractivity contribution in [3.63, 3.8) is 0 Å². The van der Waals surface area contributed by atoms with Gasteiger partial charge in [-0.05, 0) is 30.5 Å². The number of nitrogens with two attached hydrogens (primary N) is 1. The van der Waals surface area contributed by atoms with Crippen LogP contribution < -0.4 is 11.1 Å². The minimum Gasteiger partial charge on any atom is -0.312 e. The summed E-state index contributed by atoms with van der Waals surface area (Å²) in [5.74, 6) is 0.707. The Balaban J connectivity index is 2.68. The van der Waals surface area contributed by atoms with E-state index in [1.165, 1.54) is 5.56 Å². The molecule has 1 aromatic carbocycles. The predicted molar refractivity (Wildman–Crippen MR) is 61.0 cm³/mol. The molecule has 0 aliphatic heterocycles. The van der Waals surface area contributed by atoms with Gasteiger partial charge in [0, 0.05) is 0 Å². The molecular formula is C12H20N2. The molecule has 0 amide bonds. The molecule has 0 fully saturated rings. The normalized spacial score (nSPS) is 13.2. The van der Waals surface area contributed by atoms with Crippen LogP contribution >= 0.6 is 0 Å². The molecule has 1 atom stereocenters. The first kappa shape index (κ1) is 11.2. The second-order valence-electron chi connectivity index (χ2n) is 4.11. The lowest BCUT2D eigenvalue weighted by molar-refractivity contribution is 0.620. The summed E-state index contributed by atoms with van der Waals surface area (Å²) in [7, 11) is 1.87. The molecule has 1 rings (SSSR count). The quantitative estimate of drug-likeness (QED) is 0.717. The first-order valence-corrected chi connectivity index (χ1v) is 5.15. The number of nitrogens with one attached hydrogen (secondary N) is 1. The van der Waals surface area contributed by atoms with E-state index in [2.05, 4.69) is 43.4 Å². The van der Waals surface area contributed by atoms with Gasteiger partial charge < -0.3 is 11.1 Å². The van der Waals surface area contributed by atoms with Crippen LogP contribution in [-0.4, -0.2) is 7.05 Å². The molecule has 14 heavy (non-hydrogen) atoms. The number of benzene rings is 1. The molecule has 0 aliphatic rings. The van der Waals surface area contributed by atoms with E-state index >= 15 is 0 Å². The number of hydrogen-bond donors (Lipinski definition) is 2. The lowest BCUT2D eigenvalue weighted by Crippen LogP contribution is -2.24. The molecule has 1 aromatic rings. The Kier molecular flexibility index (Phi) is 4.11. The molecule has 0 spiro atoms. The largest absolute Gasteiger partial charge is 0.312 e. The zero-order chi connectivity index (χ0) is 10.6. The van der Waals surface area contributed by atoms with Crippen molar-refractivity contribution in [2.45, 2.75) is 26.4 Å². The fourth-order valence-corrected chi connectivity index (χ4v) is 1.50. The van der Waals surface area contributed by atoms with E-state index in [9.17, 15) is 0 Å². The highest BCUT2D eigenvalue weighted by Gasteiger charge is 2.02. The molecule has 2 heteroatoms. The molecule has 0 saturated heterocycles. The first-order chi connectivity index (χ1) is 6.63. The monoisotopic (exact) mass is 192 g/mol. The highest BCUT2D eigenvalue weighted by molar-refractivity contribution is 5.24. The second kappa shape index (κ2) is 5.13. The summed E-state index contributed by atoms with van der Waals surface area (Å²) in [5, 5.41) is 3.02. The fourth-order valence-electron chi connectivity index (χ4n) is 1.50. The molecule has 0 radical (unpaired) electrons. The molecule has 0 saturated carbocycles. The molecule has 0 heterocycles. The van der Waals surface area contributed by atoms with Gasteiger partial charge in [-0.15, -0.1) is 0 Å². The summed E-state index contributed by atoms with van der Waals surface area (Å²) in [6, 6.07) is 8.51. The summed E-state index contributed by atoms with van der Waals surface area (Å²) < 4.78 is 0. The van der Waals surface area contributed by atoms with Crippen molar-refractivity contribution in [1.82, 2.24) is 5.32 Å². The van der Waals surface area contributed by atoms with Crippen LogP contribution in [0.2, 0.25) is 0 Å². The van der Waals surface area contributed by atoms with Crippen molar-refractivity contribution < 1.29 is 0 Å². The van der Waals surface area contributed by atoms with E-state index in [0.29, 0.717) is 5.92 Å². The molecular weight excluding hydrogens is 172 g/mol. The van der Waals surface area contributed by atoms with Crippen molar-refractivity contribution >= 4 is 0 Å². The molecule has 78 valence electrons. The first-order valence-electron chi connectivity index (χ1n) is 5.15. The third kappa shape index (κ3) is 3.13. The van der Waals surface area contributed by atoms with Crippen LogP contribution in [0.5, 0.6) is 0 Å². The third-order valence-electron chi connectivity index (χ3n) is 2.29. The van der Waals surface area contributed by atoms with Gasteiger partial charge in [0.25, 0.3) is 0 Å². The van der Waals surface area contributed by atoms with Gasteiger partial charge in [-0.2, -0.15) is 0 Å². The zero-order valence-corrected chi connectivity index (χ0v) is 9.25. The van der Waals surface area contributed by atoms with Gasteiger partial charge in [0.15, 0.2) is 0 Å². The maximum Gasteiger partial charge on any atom is 0.0807 e. The Morgan fingerprint density at radius 3 is 2.21 bits per heavy atom. The molecule has 0 aliphatic carbocycles.